The highest BCUT2D eigenvalue weighted by Gasteiger charge is 2.26. The fourth-order valence-electron chi connectivity index (χ4n) is 5.18. The first kappa shape index (κ1) is 38.8. The van der Waals surface area contributed by atoms with Gasteiger partial charge in [0.15, 0.2) is 0 Å². The van der Waals surface area contributed by atoms with Gasteiger partial charge in [-0.15, -0.1) is 0 Å². The van der Waals surface area contributed by atoms with Crippen LogP contribution in [0.1, 0.15) is 168 Å². The van der Waals surface area contributed by atoms with Gasteiger partial charge in [-0.05, 0) is 45.4 Å². The van der Waals surface area contributed by atoms with Gasteiger partial charge in [-0.25, -0.2) is 0 Å². The molecule has 0 rings (SSSR count). The number of rotatable bonds is 30. The first-order valence-electron chi connectivity index (χ1n) is 17.1. The first-order valence-corrected chi connectivity index (χ1v) is 17.1. The third kappa shape index (κ3) is 25.8. The van der Waals surface area contributed by atoms with Gasteiger partial charge in [-0.2, -0.15) is 0 Å². The van der Waals surface area contributed by atoms with Gasteiger partial charge >= 0.3 is 0 Å². The molecule has 0 aliphatic carbocycles. The molecule has 1 amide bonds. The number of unbranched alkanes of at least 4 members (excludes halogenated alkanes) is 19. The molecule has 3 atom stereocenters. The summed E-state index contributed by atoms with van der Waals surface area (Å²) >= 11 is 0. The normalized spacial score (nSPS) is 14.2. The number of hydrogen-bond donors (Lipinski definition) is 4. The van der Waals surface area contributed by atoms with Crippen LogP contribution in [0.3, 0.4) is 0 Å². The maximum atomic E-state index is 12.3. The Hall–Kier alpha value is -1.17. The predicted octanol–water partition coefficient (Wildman–Crippen LogP) is 8.70. The quantitative estimate of drug-likeness (QED) is 0.0518. The minimum atomic E-state index is -1.16. The highest BCUT2D eigenvalue weighted by Crippen LogP contribution is 2.15. The lowest BCUT2D eigenvalue weighted by Crippen LogP contribution is -2.50. The lowest BCUT2D eigenvalue weighted by molar-refractivity contribution is -0.124. The van der Waals surface area contributed by atoms with Gasteiger partial charge in [0.2, 0.25) is 5.91 Å². The Morgan fingerprint density at radius 1 is 0.650 bits per heavy atom. The summed E-state index contributed by atoms with van der Waals surface area (Å²) in [6.45, 7) is 3.91. The third-order valence-corrected chi connectivity index (χ3v) is 7.88. The van der Waals surface area contributed by atoms with E-state index in [4.69, 9.17) is 0 Å². The van der Waals surface area contributed by atoms with E-state index >= 15 is 0 Å². The number of hydrogen-bond acceptors (Lipinski definition) is 4. The Morgan fingerprint density at radius 2 is 1.10 bits per heavy atom. The van der Waals surface area contributed by atoms with E-state index in [1.165, 1.54) is 96.3 Å². The molecule has 5 nitrogen and oxygen atoms in total. The minimum Gasteiger partial charge on any atom is -0.394 e. The predicted molar refractivity (Wildman–Crippen MR) is 171 cm³/mol. The second-order valence-corrected chi connectivity index (χ2v) is 11.7. The molecule has 0 aromatic heterocycles. The summed E-state index contributed by atoms with van der Waals surface area (Å²) in [5.74, 6) is -0.161. The monoisotopic (exact) mass is 566 g/mol. The average molecular weight is 566 g/mol. The second-order valence-electron chi connectivity index (χ2n) is 11.7. The first-order chi connectivity index (χ1) is 19.6. The number of aliphatic hydroxyl groups is 3. The standard InChI is InChI=1S/C35H67NO4/c1-3-5-7-9-11-13-14-15-16-17-18-19-20-21-22-24-26-28-30-34(39)36-32(31-37)35(40)33(38)29-27-25-23-12-10-8-6-4-2/h4,6,12,23,32-33,35,37-38,40H,3,5,7-11,13-22,24-31H2,1-2H3,(H,36,39)/b6-4+,23-12+. The van der Waals surface area contributed by atoms with Crippen LogP contribution >= 0.6 is 0 Å². The summed E-state index contributed by atoms with van der Waals surface area (Å²) in [4.78, 5) is 12.3. The molecular formula is C35H67NO4. The van der Waals surface area contributed by atoms with Crippen molar-refractivity contribution in [2.45, 2.75) is 186 Å². The van der Waals surface area contributed by atoms with Crippen molar-refractivity contribution in [3.05, 3.63) is 24.3 Å². The van der Waals surface area contributed by atoms with E-state index in [1.54, 1.807) is 0 Å². The maximum absolute atomic E-state index is 12.3. The second kappa shape index (κ2) is 30.8. The summed E-state index contributed by atoms with van der Waals surface area (Å²) in [5.41, 5.74) is 0. The molecule has 0 saturated heterocycles. The van der Waals surface area contributed by atoms with E-state index < -0.39 is 18.2 Å². The molecular weight excluding hydrogens is 498 g/mol. The zero-order chi connectivity index (χ0) is 29.5. The number of allylic oxidation sites excluding steroid dienone is 4. The topological polar surface area (TPSA) is 89.8 Å². The van der Waals surface area contributed by atoms with Crippen LogP contribution < -0.4 is 5.32 Å². The van der Waals surface area contributed by atoms with Crippen molar-refractivity contribution in [3.63, 3.8) is 0 Å². The summed E-state index contributed by atoms with van der Waals surface area (Å²) in [6.07, 6.45) is 34.4. The summed E-state index contributed by atoms with van der Waals surface area (Å²) in [5, 5.41) is 33.0. The Morgan fingerprint density at radius 3 is 1.57 bits per heavy atom. The fourth-order valence-corrected chi connectivity index (χ4v) is 5.18. The van der Waals surface area contributed by atoms with Crippen LogP contribution in [0.4, 0.5) is 0 Å². The Bertz CT molecular complexity index is 592. The van der Waals surface area contributed by atoms with Crippen molar-refractivity contribution >= 4 is 5.91 Å². The fraction of sp³-hybridized carbons (Fsp3) is 0.857. The van der Waals surface area contributed by atoms with E-state index in [0.29, 0.717) is 12.8 Å². The van der Waals surface area contributed by atoms with E-state index in [0.717, 1.165) is 44.9 Å². The average Bonchev–Trinajstić information content (AvgIpc) is 2.96. The van der Waals surface area contributed by atoms with Crippen LogP contribution in [0.2, 0.25) is 0 Å². The molecule has 0 bridgehead atoms. The summed E-state index contributed by atoms with van der Waals surface area (Å²) in [6, 6.07) is -0.825. The van der Waals surface area contributed by atoms with Gasteiger partial charge in [0, 0.05) is 6.42 Å². The molecule has 0 saturated carbocycles. The number of nitrogens with one attached hydrogen (secondary N) is 1. The number of carbonyl (C=O) groups is 1. The van der Waals surface area contributed by atoms with Crippen molar-refractivity contribution < 1.29 is 20.1 Å². The smallest absolute Gasteiger partial charge is 0.220 e. The van der Waals surface area contributed by atoms with Gasteiger partial charge in [0.1, 0.15) is 6.10 Å². The highest BCUT2D eigenvalue weighted by molar-refractivity contribution is 5.76. The lowest BCUT2D eigenvalue weighted by atomic mass is 10.0. The molecule has 0 radical (unpaired) electrons. The molecule has 3 unspecified atom stereocenters. The number of amides is 1. The maximum Gasteiger partial charge on any atom is 0.220 e. The largest absolute Gasteiger partial charge is 0.394 e. The van der Waals surface area contributed by atoms with Crippen LogP contribution in [0.15, 0.2) is 24.3 Å². The number of carbonyl (C=O) groups excluding carboxylic acids is 1. The molecule has 0 spiro atoms. The Kier molecular flexibility index (Phi) is 29.9. The molecule has 0 fully saturated rings. The van der Waals surface area contributed by atoms with Gasteiger partial charge in [0.25, 0.3) is 0 Å². The van der Waals surface area contributed by atoms with Crippen molar-refractivity contribution in [2.75, 3.05) is 6.61 Å². The van der Waals surface area contributed by atoms with E-state index in [-0.39, 0.29) is 12.5 Å². The van der Waals surface area contributed by atoms with E-state index in [2.05, 4.69) is 30.5 Å². The Balaban J connectivity index is 3.65. The zero-order valence-corrected chi connectivity index (χ0v) is 26.5. The molecule has 4 N–H and O–H groups in total. The zero-order valence-electron chi connectivity index (χ0n) is 26.5. The van der Waals surface area contributed by atoms with Gasteiger partial charge in [-0.1, -0.05) is 140 Å². The highest BCUT2D eigenvalue weighted by atomic mass is 16.3. The van der Waals surface area contributed by atoms with Crippen molar-refractivity contribution in [1.29, 1.82) is 0 Å². The van der Waals surface area contributed by atoms with E-state index in [1.807, 2.05) is 13.0 Å². The van der Waals surface area contributed by atoms with E-state index in [9.17, 15) is 20.1 Å². The van der Waals surface area contributed by atoms with Crippen LogP contribution in [0.25, 0.3) is 0 Å². The Labute approximate surface area is 248 Å². The minimum absolute atomic E-state index is 0.161. The SMILES string of the molecule is C/C=C/CC/C=C/CCCC(O)C(O)C(CO)NC(=O)CCCCCCCCCCCCCCCCCCCC. The van der Waals surface area contributed by atoms with Crippen molar-refractivity contribution in [2.24, 2.45) is 0 Å². The van der Waals surface area contributed by atoms with Gasteiger partial charge in [0.05, 0.1) is 18.8 Å². The van der Waals surface area contributed by atoms with Gasteiger partial charge in [-0.3, -0.25) is 4.79 Å². The van der Waals surface area contributed by atoms with Crippen LogP contribution in [-0.4, -0.2) is 46.1 Å². The molecule has 0 aliphatic rings. The molecule has 236 valence electrons. The van der Waals surface area contributed by atoms with Gasteiger partial charge < -0.3 is 20.6 Å². The molecule has 40 heavy (non-hydrogen) atoms. The summed E-state index contributed by atoms with van der Waals surface area (Å²) < 4.78 is 0. The summed E-state index contributed by atoms with van der Waals surface area (Å²) in [7, 11) is 0. The molecule has 0 aromatic carbocycles. The van der Waals surface area contributed by atoms with Crippen molar-refractivity contribution in [3.8, 4) is 0 Å². The molecule has 0 aliphatic heterocycles. The lowest BCUT2D eigenvalue weighted by Gasteiger charge is -2.26. The van der Waals surface area contributed by atoms with Crippen molar-refractivity contribution in [1.82, 2.24) is 5.32 Å². The van der Waals surface area contributed by atoms with Crippen LogP contribution in [0.5, 0.6) is 0 Å². The van der Waals surface area contributed by atoms with Crippen LogP contribution in [0, 0.1) is 0 Å². The molecule has 0 aromatic rings. The molecule has 0 heterocycles. The number of aliphatic hydroxyl groups excluding tert-OH is 3. The molecule has 5 heteroatoms. The third-order valence-electron chi connectivity index (χ3n) is 7.88. The van der Waals surface area contributed by atoms with Crippen LogP contribution in [-0.2, 0) is 4.79 Å².